The van der Waals surface area contributed by atoms with E-state index < -0.39 is 30.3 Å². The number of hydrogen-bond donors (Lipinski definition) is 3. The Morgan fingerprint density at radius 3 is 2.44 bits per heavy atom. The van der Waals surface area contributed by atoms with Crippen LogP contribution in [0.15, 0.2) is 48.5 Å². The van der Waals surface area contributed by atoms with Crippen molar-refractivity contribution in [3.63, 3.8) is 0 Å². The molecule has 3 N–H and O–H groups in total. The molecule has 1 aliphatic heterocycles. The van der Waals surface area contributed by atoms with E-state index in [0.29, 0.717) is 22.6 Å². The lowest BCUT2D eigenvalue weighted by atomic mass is 9.97. The van der Waals surface area contributed by atoms with Gasteiger partial charge in [-0.1, -0.05) is 35.9 Å². The van der Waals surface area contributed by atoms with Gasteiger partial charge in [0.25, 0.3) is 5.91 Å². The van der Waals surface area contributed by atoms with Crippen LogP contribution in [0.25, 0.3) is 0 Å². The second-order valence-electron chi connectivity index (χ2n) is 7.97. The number of aliphatic hydroxyl groups is 1. The van der Waals surface area contributed by atoms with Crippen molar-refractivity contribution >= 4 is 29.0 Å². The summed E-state index contributed by atoms with van der Waals surface area (Å²) in [5, 5.41) is 18.9. The number of carbonyl (C=O) groups excluding carboxylic acids is 1. The summed E-state index contributed by atoms with van der Waals surface area (Å²) in [5.74, 6) is -0.249. The Morgan fingerprint density at radius 1 is 1.24 bits per heavy atom. The Hall–Kier alpha value is -3.24. The molecule has 3 atom stereocenters. The SMILES string of the molecule is COc1ccc([C@@H]2C[C@H](C(F)(F)F)n3nc(C(=O)Nc4ccc([C@@H](C)O)cc4)c(Cl)c3N2)cc1. The van der Waals surface area contributed by atoms with E-state index in [9.17, 15) is 23.1 Å². The fraction of sp³-hybridized carbons (Fsp3) is 0.304. The number of alkyl halides is 3. The fourth-order valence-corrected chi connectivity index (χ4v) is 4.09. The molecule has 1 aliphatic rings. The molecule has 0 bridgehead atoms. The van der Waals surface area contributed by atoms with E-state index in [-0.39, 0.29) is 23.0 Å². The van der Waals surface area contributed by atoms with Gasteiger partial charge in [0.05, 0.1) is 19.3 Å². The zero-order valence-electron chi connectivity index (χ0n) is 18.2. The van der Waals surface area contributed by atoms with Gasteiger partial charge in [0.15, 0.2) is 11.7 Å². The van der Waals surface area contributed by atoms with Gasteiger partial charge in [0, 0.05) is 12.1 Å². The molecule has 0 aliphatic carbocycles. The van der Waals surface area contributed by atoms with Crippen molar-refractivity contribution < 1.29 is 27.8 Å². The third-order valence-electron chi connectivity index (χ3n) is 5.68. The molecule has 2 aromatic carbocycles. The lowest BCUT2D eigenvalue weighted by Crippen LogP contribution is -2.35. The van der Waals surface area contributed by atoms with E-state index in [2.05, 4.69) is 15.7 Å². The van der Waals surface area contributed by atoms with Gasteiger partial charge in [-0.25, -0.2) is 4.68 Å². The van der Waals surface area contributed by atoms with Gasteiger partial charge in [-0.15, -0.1) is 0 Å². The van der Waals surface area contributed by atoms with Crippen LogP contribution in [0.1, 0.15) is 53.1 Å². The van der Waals surface area contributed by atoms with Gasteiger partial charge in [0.2, 0.25) is 0 Å². The molecule has 1 aromatic heterocycles. The Kier molecular flexibility index (Phi) is 6.46. The Morgan fingerprint density at radius 2 is 1.88 bits per heavy atom. The van der Waals surface area contributed by atoms with Gasteiger partial charge in [-0.3, -0.25) is 4.79 Å². The zero-order chi connectivity index (χ0) is 24.6. The third kappa shape index (κ3) is 4.69. The summed E-state index contributed by atoms with van der Waals surface area (Å²) in [6.07, 6.45) is -5.62. The molecule has 0 radical (unpaired) electrons. The second-order valence-corrected chi connectivity index (χ2v) is 8.35. The van der Waals surface area contributed by atoms with Gasteiger partial charge in [-0.05, 0) is 42.3 Å². The smallest absolute Gasteiger partial charge is 0.410 e. The maximum absolute atomic E-state index is 13.9. The highest BCUT2D eigenvalue weighted by atomic mass is 35.5. The molecule has 0 saturated heterocycles. The number of methoxy groups -OCH3 is 1. The van der Waals surface area contributed by atoms with Crippen molar-refractivity contribution in [1.29, 1.82) is 0 Å². The number of aromatic nitrogens is 2. The van der Waals surface area contributed by atoms with E-state index in [1.54, 1.807) is 55.5 Å². The number of nitrogens with zero attached hydrogens (tertiary/aromatic N) is 2. The Balaban J connectivity index is 1.64. The van der Waals surface area contributed by atoms with Crippen molar-refractivity contribution in [2.24, 2.45) is 0 Å². The van der Waals surface area contributed by atoms with Crippen LogP contribution in [0, 0.1) is 0 Å². The molecule has 11 heteroatoms. The summed E-state index contributed by atoms with van der Waals surface area (Å²) in [6.45, 7) is 1.60. The van der Waals surface area contributed by atoms with Crippen molar-refractivity contribution in [2.45, 2.75) is 37.7 Å². The van der Waals surface area contributed by atoms with Crippen LogP contribution in [-0.2, 0) is 0 Å². The normalized spacial score (nSPS) is 18.6. The predicted molar refractivity (Wildman–Crippen MR) is 121 cm³/mol. The van der Waals surface area contributed by atoms with Gasteiger partial charge in [0.1, 0.15) is 16.6 Å². The highest BCUT2D eigenvalue weighted by molar-refractivity contribution is 6.36. The minimum absolute atomic E-state index is 0.0781. The summed E-state index contributed by atoms with van der Waals surface area (Å²) in [5.41, 5.74) is 1.32. The van der Waals surface area contributed by atoms with E-state index in [4.69, 9.17) is 16.3 Å². The van der Waals surface area contributed by atoms with Crippen LogP contribution in [-0.4, -0.2) is 34.1 Å². The summed E-state index contributed by atoms with van der Waals surface area (Å²) in [4.78, 5) is 12.8. The number of hydrogen-bond acceptors (Lipinski definition) is 5. The van der Waals surface area contributed by atoms with E-state index >= 15 is 0 Å². The summed E-state index contributed by atoms with van der Waals surface area (Å²) in [6, 6.07) is 10.4. The topological polar surface area (TPSA) is 88.4 Å². The molecule has 34 heavy (non-hydrogen) atoms. The number of nitrogens with one attached hydrogen (secondary N) is 2. The minimum atomic E-state index is -4.61. The second kappa shape index (κ2) is 9.19. The molecular formula is C23H22ClF3N4O3. The van der Waals surface area contributed by atoms with E-state index in [1.165, 1.54) is 7.11 Å². The molecule has 0 unspecified atom stereocenters. The first kappa shape index (κ1) is 23.9. The molecule has 0 fully saturated rings. The number of carbonyl (C=O) groups is 1. The molecule has 0 saturated carbocycles. The number of anilines is 2. The molecule has 180 valence electrons. The highest BCUT2D eigenvalue weighted by Crippen LogP contribution is 2.46. The maximum Gasteiger partial charge on any atom is 0.410 e. The van der Waals surface area contributed by atoms with Crippen LogP contribution >= 0.6 is 11.6 Å². The van der Waals surface area contributed by atoms with E-state index in [0.717, 1.165) is 4.68 Å². The highest BCUT2D eigenvalue weighted by Gasteiger charge is 2.47. The monoisotopic (exact) mass is 494 g/mol. The first-order valence-corrected chi connectivity index (χ1v) is 10.8. The van der Waals surface area contributed by atoms with Crippen LogP contribution < -0.4 is 15.4 Å². The predicted octanol–water partition coefficient (Wildman–Crippen LogP) is 5.51. The van der Waals surface area contributed by atoms with Crippen LogP contribution in [0.3, 0.4) is 0 Å². The van der Waals surface area contributed by atoms with Crippen molar-refractivity contribution in [3.8, 4) is 5.75 Å². The molecule has 2 heterocycles. The van der Waals surface area contributed by atoms with Crippen molar-refractivity contribution in [3.05, 3.63) is 70.4 Å². The van der Waals surface area contributed by atoms with Gasteiger partial charge in [-0.2, -0.15) is 18.3 Å². The standard InChI is InChI=1S/C23H22ClF3N4O3/c1-12(32)13-3-7-15(8-4-13)28-22(33)20-19(24)21-29-17(14-5-9-16(34-2)10-6-14)11-18(23(25,26)27)31(21)30-20/h3-10,12,17-18,29,32H,11H2,1-2H3,(H,28,33)/t12-,17+,18-/m1/s1. The fourth-order valence-electron chi connectivity index (χ4n) is 3.82. The van der Waals surface area contributed by atoms with Crippen LogP contribution in [0.4, 0.5) is 24.7 Å². The molecule has 3 aromatic rings. The molecular weight excluding hydrogens is 473 g/mol. The van der Waals surface area contributed by atoms with Crippen LogP contribution in [0.5, 0.6) is 5.75 Å². The number of halogens is 4. The minimum Gasteiger partial charge on any atom is -0.497 e. The summed E-state index contributed by atoms with van der Waals surface area (Å²) < 4.78 is 47.7. The van der Waals surface area contributed by atoms with E-state index in [1.807, 2.05) is 0 Å². The molecule has 7 nitrogen and oxygen atoms in total. The zero-order valence-corrected chi connectivity index (χ0v) is 19.0. The summed E-state index contributed by atoms with van der Waals surface area (Å²) in [7, 11) is 1.50. The Labute approximate surface area is 198 Å². The third-order valence-corrected chi connectivity index (χ3v) is 6.04. The van der Waals surface area contributed by atoms with Gasteiger partial charge < -0.3 is 20.5 Å². The molecule has 1 amide bonds. The first-order chi connectivity index (χ1) is 16.1. The van der Waals surface area contributed by atoms with Crippen molar-refractivity contribution in [2.75, 3.05) is 17.7 Å². The number of ether oxygens (including phenoxy) is 1. The Bertz CT molecular complexity index is 1180. The lowest BCUT2D eigenvalue weighted by Gasteiger charge is -2.33. The van der Waals surface area contributed by atoms with Gasteiger partial charge >= 0.3 is 6.18 Å². The molecule has 0 spiro atoms. The average Bonchev–Trinajstić information content (AvgIpc) is 3.14. The quantitative estimate of drug-likeness (QED) is 0.435. The number of amides is 1. The largest absolute Gasteiger partial charge is 0.497 e. The molecule has 4 rings (SSSR count). The number of fused-ring (bicyclic) bond motifs is 1. The number of aliphatic hydroxyl groups excluding tert-OH is 1. The lowest BCUT2D eigenvalue weighted by molar-refractivity contribution is -0.173. The van der Waals surface area contributed by atoms with Crippen LogP contribution in [0.2, 0.25) is 5.02 Å². The first-order valence-electron chi connectivity index (χ1n) is 10.4. The maximum atomic E-state index is 13.9. The van der Waals surface area contributed by atoms with Crippen molar-refractivity contribution in [1.82, 2.24) is 9.78 Å². The average molecular weight is 495 g/mol. The number of rotatable bonds is 5. The number of benzene rings is 2. The summed E-state index contributed by atoms with van der Waals surface area (Å²) >= 11 is 6.36.